The summed E-state index contributed by atoms with van der Waals surface area (Å²) >= 11 is 0. The van der Waals surface area contributed by atoms with Crippen LogP contribution in [-0.4, -0.2) is 24.3 Å². The lowest BCUT2D eigenvalue weighted by Gasteiger charge is -2.09. The van der Waals surface area contributed by atoms with E-state index in [2.05, 4.69) is 16.0 Å². The third-order valence-corrected chi connectivity index (χ3v) is 4.30. The molecule has 31 heavy (non-hydrogen) atoms. The molecule has 0 heterocycles. The summed E-state index contributed by atoms with van der Waals surface area (Å²) in [5.41, 5.74) is 2.76. The van der Waals surface area contributed by atoms with Crippen molar-refractivity contribution in [1.82, 2.24) is 0 Å². The average molecular weight is 417 g/mol. The molecule has 7 nitrogen and oxygen atoms in total. The maximum atomic E-state index is 12.4. The smallest absolute Gasteiger partial charge is 0.255 e. The summed E-state index contributed by atoms with van der Waals surface area (Å²) in [6.45, 7) is 3.91. The predicted molar refractivity (Wildman–Crippen MR) is 121 cm³/mol. The van der Waals surface area contributed by atoms with Gasteiger partial charge in [-0.3, -0.25) is 14.4 Å². The highest BCUT2D eigenvalue weighted by Crippen LogP contribution is 2.18. The first-order valence-electron chi connectivity index (χ1n) is 9.78. The van der Waals surface area contributed by atoms with Gasteiger partial charge < -0.3 is 20.7 Å². The monoisotopic (exact) mass is 417 g/mol. The van der Waals surface area contributed by atoms with Gasteiger partial charge in [-0.2, -0.15) is 0 Å². The van der Waals surface area contributed by atoms with Crippen molar-refractivity contribution in [3.05, 3.63) is 83.9 Å². The molecule has 3 aromatic rings. The van der Waals surface area contributed by atoms with Crippen LogP contribution in [0.4, 0.5) is 17.1 Å². The van der Waals surface area contributed by atoms with E-state index in [9.17, 15) is 14.4 Å². The molecule has 0 saturated heterocycles. The Bertz CT molecular complexity index is 1060. The quantitative estimate of drug-likeness (QED) is 0.525. The van der Waals surface area contributed by atoms with Gasteiger partial charge in [0, 0.05) is 35.1 Å². The number of amides is 3. The summed E-state index contributed by atoms with van der Waals surface area (Å²) in [6.07, 6.45) is 0. The molecule has 0 aliphatic heterocycles. The van der Waals surface area contributed by atoms with Crippen LogP contribution in [0.15, 0.2) is 72.8 Å². The van der Waals surface area contributed by atoms with Gasteiger partial charge in [0.25, 0.3) is 11.8 Å². The van der Waals surface area contributed by atoms with Crippen molar-refractivity contribution < 1.29 is 19.1 Å². The van der Waals surface area contributed by atoms with Gasteiger partial charge in [-0.15, -0.1) is 0 Å². The highest BCUT2D eigenvalue weighted by atomic mass is 16.5. The summed E-state index contributed by atoms with van der Waals surface area (Å²) < 4.78 is 5.38. The van der Waals surface area contributed by atoms with Crippen LogP contribution in [0.5, 0.6) is 5.75 Å². The first-order chi connectivity index (χ1) is 14.9. The van der Waals surface area contributed by atoms with Crippen molar-refractivity contribution in [3.63, 3.8) is 0 Å². The maximum Gasteiger partial charge on any atom is 0.255 e. The van der Waals surface area contributed by atoms with Crippen molar-refractivity contribution >= 4 is 34.8 Å². The minimum atomic E-state index is -0.291. The molecule has 0 aliphatic carbocycles. The second-order valence-electron chi connectivity index (χ2n) is 6.70. The second kappa shape index (κ2) is 10.1. The molecule has 7 heteroatoms. The Balaban J connectivity index is 1.58. The minimum absolute atomic E-state index is 0.177. The molecule has 3 rings (SSSR count). The van der Waals surface area contributed by atoms with Crippen molar-refractivity contribution in [2.45, 2.75) is 13.8 Å². The Morgan fingerprint density at radius 3 is 1.42 bits per heavy atom. The Labute approximate surface area is 180 Å². The first kappa shape index (κ1) is 21.6. The summed E-state index contributed by atoms with van der Waals surface area (Å²) in [7, 11) is 0. The molecule has 0 radical (unpaired) electrons. The van der Waals surface area contributed by atoms with Crippen LogP contribution >= 0.6 is 0 Å². The van der Waals surface area contributed by atoms with Crippen LogP contribution in [0.2, 0.25) is 0 Å². The number of hydrogen-bond acceptors (Lipinski definition) is 4. The van der Waals surface area contributed by atoms with E-state index in [1.54, 1.807) is 72.8 Å². The van der Waals surface area contributed by atoms with Gasteiger partial charge in [0.05, 0.1) is 6.61 Å². The zero-order valence-electron chi connectivity index (χ0n) is 17.3. The predicted octanol–water partition coefficient (Wildman–Crippen LogP) is 4.55. The normalized spacial score (nSPS) is 10.1. The van der Waals surface area contributed by atoms with E-state index in [0.29, 0.717) is 34.8 Å². The van der Waals surface area contributed by atoms with Gasteiger partial charge in [0.1, 0.15) is 5.75 Å². The molecule has 0 aromatic heterocycles. The lowest BCUT2D eigenvalue weighted by Crippen LogP contribution is -2.14. The molecule has 3 amide bonds. The summed E-state index contributed by atoms with van der Waals surface area (Å²) in [4.78, 5) is 35.9. The highest BCUT2D eigenvalue weighted by molar-refractivity contribution is 6.06. The summed E-state index contributed by atoms with van der Waals surface area (Å²) in [6, 6.07) is 20.3. The number of ether oxygens (including phenoxy) is 1. The van der Waals surface area contributed by atoms with Crippen molar-refractivity contribution in [3.8, 4) is 5.75 Å². The average Bonchev–Trinajstić information content (AvgIpc) is 2.76. The van der Waals surface area contributed by atoms with Crippen molar-refractivity contribution in [2.75, 3.05) is 22.6 Å². The molecule has 0 spiro atoms. The molecule has 0 aliphatic rings. The molecule has 0 saturated carbocycles. The van der Waals surface area contributed by atoms with Crippen LogP contribution in [0.3, 0.4) is 0 Å². The van der Waals surface area contributed by atoms with Crippen LogP contribution in [0, 0.1) is 0 Å². The number of rotatable bonds is 7. The van der Waals surface area contributed by atoms with Crippen LogP contribution in [0.1, 0.15) is 34.6 Å². The van der Waals surface area contributed by atoms with Gasteiger partial charge in [-0.05, 0) is 79.7 Å². The number of benzene rings is 3. The fourth-order valence-corrected chi connectivity index (χ4v) is 2.82. The van der Waals surface area contributed by atoms with Gasteiger partial charge in [-0.25, -0.2) is 0 Å². The fourth-order valence-electron chi connectivity index (χ4n) is 2.82. The number of nitrogens with one attached hydrogen (secondary N) is 3. The fraction of sp³-hybridized carbons (Fsp3) is 0.125. The van der Waals surface area contributed by atoms with E-state index in [4.69, 9.17) is 4.74 Å². The lowest BCUT2D eigenvalue weighted by atomic mass is 10.1. The number of anilines is 3. The molecule has 3 N–H and O–H groups in total. The maximum absolute atomic E-state index is 12.4. The Morgan fingerprint density at radius 2 is 1.03 bits per heavy atom. The van der Waals surface area contributed by atoms with E-state index in [0.717, 1.165) is 5.75 Å². The molecular formula is C24H23N3O4. The molecule has 3 aromatic carbocycles. The highest BCUT2D eigenvalue weighted by Gasteiger charge is 2.09. The largest absolute Gasteiger partial charge is 0.494 e. The number of hydrogen-bond donors (Lipinski definition) is 3. The molecule has 0 atom stereocenters. The number of carbonyl (C=O) groups excluding carboxylic acids is 3. The van der Waals surface area contributed by atoms with Gasteiger partial charge in [-0.1, -0.05) is 0 Å². The SMILES string of the molecule is CCOc1ccc(NC(=O)c2ccc(NC(=O)c3ccc(NC(C)=O)cc3)cc2)cc1. The Hall–Kier alpha value is -4.13. The van der Waals surface area contributed by atoms with Crippen LogP contribution in [-0.2, 0) is 4.79 Å². The van der Waals surface area contributed by atoms with Gasteiger partial charge >= 0.3 is 0 Å². The Morgan fingerprint density at radius 1 is 0.645 bits per heavy atom. The molecule has 0 unspecified atom stereocenters. The zero-order valence-corrected chi connectivity index (χ0v) is 17.3. The lowest BCUT2D eigenvalue weighted by molar-refractivity contribution is -0.114. The zero-order chi connectivity index (χ0) is 22.2. The van der Waals surface area contributed by atoms with E-state index < -0.39 is 0 Å². The molecule has 0 bridgehead atoms. The third-order valence-electron chi connectivity index (χ3n) is 4.30. The molecular weight excluding hydrogens is 394 g/mol. The second-order valence-corrected chi connectivity index (χ2v) is 6.70. The van der Waals surface area contributed by atoms with Crippen LogP contribution in [0.25, 0.3) is 0 Å². The van der Waals surface area contributed by atoms with Crippen molar-refractivity contribution in [1.29, 1.82) is 0 Å². The molecule has 0 fully saturated rings. The number of carbonyl (C=O) groups is 3. The third kappa shape index (κ3) is 6.17. The van der Waals surface area contributed by atoms with Gasteiger partial charge in [0.2, 0.25) is 5.91 Å². The first-order valence-corrected chi connectivity index (χ1v) is 9.78. The standard InChI is InChI=1S/C24H23N3O4/c1-3-31-22-14-12-21(13-15-22)27-24(30)18-6-10-20(11-7-18)26-23(29)17-4-8-19(9-5-17)25-16(2)28/h4-15H,3H2,1-2H3,(H,25,28)(H,26,29)(H,27,30). The Kier molecular flexibility index (Phi) is 7.01. The van der Waals surface area contributed by atoms with E-state index in [1.807, 2.05) is 6.92 Å². The van der Waals surface area contributed by atoms with E-state index in [-0.39, 0.29) is 17.7 Å². The topological polar surface area (TPSA) is 96.5 Å². The van der Waals surface area contributed by atoms with Crippen LogP contribution < -0.4 is 20.7 Å². The van der Waals surface area contributed by atoms with E-state index in [1.165, 1.54) is 6.92 Å². The minimum Gasteiger partial charge on any atom is -0.494 e. The summed E-state index contributed by atoms with van der Waals surface area (Å²) in [5.74, 6) is 0.0192. The van der Waals surface area contributed by atoms with Crippen molar-refractivity contribution in [2.24, 2.45) is 0 Å². The molecule has 158 valence electrons. The van der Waals surface area contributed by atoms with Gasteiger partial charge in [0.15, 0.2) is 0 Å². The summed E-state index contributed by atoms with van der Waals surface area (Å²) in [5, 5.41) is 8.25. The van der Waals surface area contributed by atoms with E-state index >= 15 is 0 Å².